The number of hydrogen-bond acceptors (Lipinski definition) is 3. The number of rotatable bonds is 3. The van der Waals surface area contributed by atoms with Crippen LogP contribution in [0.3, 0.4) is 0 Å². The minimum atomic E-state index is -0.508. The third-order valence-electron chi connectivity index (χ3n) is 2.23. The first-order chi connectivity index (χ1) is 8.97. The van der Waals surface area contributed by atoms with Gasteiger partial charge >= 0.3 is 5.69 Å². The van der Waals surface area contributed by atoms with Crippen molar-refractivity contribution < 1.29 is 9.66 Å². The van der Waals surface area contributed by atoms with Gasteiger partial charge in [-0.3, -0.25) is 10.1 Å². The molecule has 0 heterocycles. The van der Waals surface area contributed by atoms with Crippen LogP contribution < -0.4 is 4.74 Å². The molecule has 2 aromatic rings. The molecule has 2 aromatic carbocycles. The monoisotopic (exact) mass is 405 g/mol. The Labute approximate surface area is 130 Å². The molecule has 0 unspecified atom stereocenters. The van der Waals surface area contributed by atoms with Gasteiger partial charge in [-0.2, -0.15) is 0 Å². The van der Waals surface area contributed by atoms with Crippen LogP contribution >= 0.6 is 43.5 Å². The van der Waals surface area contributed by atoms with Gasteiger partial charge in [0.25, 0.3) is 0 Å². The normalized spacial score (nSPS) is 10.3. The zero-order chi connectivity index (χ0) is 14.0. The summed E-state index contributed by atoms with van der Waals surface area (Å²) in [5.41, 5.74) is -0.134. The van der Waals surface area contributed by atoms with Crippen molar-refractivity contribution in [2.75, 3.05) is 0 Å². The van der Waals surface area contributed by atoms with Crippen LogP contribution in [0.2, 0.25) is 5.02 Å². The Morgan fingerprint density at radius 2 is 1.68 bits per heavy atom. The van der Waals surface area contributed by atoms with E-state index < -0.39 is 4.92 Å². The van der Waals surface area contributed by atoms with Crippen molar-refractivity contribution in [1.82, 2.24) is 0 Å². The van der Waals surface area contributed by atoms with Crippen molar-refractivity contribution in [2.24, 2.45) is 0 Å². The molecule has 0 radical (unpaired) electrons. The van der Waals surface area contributed by atoms with Gasteiger partial charge in [-0.1, -0.05) is 43.5 Å². The SMILES string of the molecule is O=[N+]([O-])c1cc(Br)ccc1Oc1cc(Br)ccc1Cl. The summed E-state index contributed by atoms with van der Waals surface area (Å²) >= 11 is 12.5. The van der Waals surface area contributed by atoms with Crippen LogP contribution in [0.1, 0.15) is 0 Å². The standard InChI is InChI=1S/C12H6Br2ClNO3/c13-7-2-4-11(10(5-7)16(17)18)19-12-6-8(14)1-3-9(12)15/h1-6H. The third-order valence-corrected chi connectivity index (χ3v) is 3.53. The molecule has 0 aliphatic carbocycles. The molecule has 0 aromatic heterocycles. The number of nitro benzene ring substituents is 1. The molecule has 19 heavy (non-hydrogen) atoms. The Balaban J connectivity index is 2.43. The van der Waals surface area contributed by atoms with E-state index >= 15 is 0 Å². The van der Waals surface area contributed by atoms with Crippen molar-refractivity contribution in [3.05, 3.63) is 60.5 Å². The van der Waals surface area contributed by atoms with E-state index in [0.717, 1.165) is 4.47 Å². The molecular formula is C12H6Br2ClNO3. The Hall–Kier alpha value is -1.11. The Bertz CT molecular complexity index is 649. The number of benzene rings is 2. The van der Waals surface area contributed by atoms with Crippen molar-refractivity contribution in [3.8, 4) is 11.5 Å². The van der Waals surface area contributed by atoms with Crippen LogP contribution in [0, 0.1) is 10.1 Å². The second-order valence-corrected chi connectivity index (χ2v) is 5.78. The molecule has 0 aliphatic heterocycles. The van der Waals surface area contributed by atoms with Crippen molar-refractivity contribution in [3.63, 3.8) is 0 Å². The van der Waals surface area contributed by atoms with E-state index in [2.05, 4.69) is 31.9 Å². The maximum Gasteiger partial charge on any atom is 0.312 e. The molecule has 0 saturated heterocycles. The van der Waals surface area contributed by atoms with Gasteiger partial charge in [0.2, 0.25) is 5.75 Å². The molecule has 0 atom stereocenters. The number of ether oxygens (including phenoxy) is 1. The summed E-state index contributed by atoms with van der Waals surface area (Å²) < 4.78 is 6.89. The summed E-state index contributed by atoms with van der Waals surface area (Å²) in [6.45, 7) is 0. The molecule has 0 saturated carbocycles. The fraction of sp³-hybridized carbons (Fsp3) is 0. The minimum Gasteiger partial charge on any atom is -0.449 e. The summed E-state index contributed by atoms with van der Waals surface area (Å²) in [5.74, 6) is 0.481. The summed E-state index contributed by atoms with van der Waals surface area (Å²) in [6.07, 6.45) is 0. The second-order valence-electron chi connectivity index (χ2n) is 3.55. The number of nitro groups is 1. The second kappa shape index (κ2) is 5.90. The molecule has 0 aliphatic rings. The first-order valence-electron chi connectivity index (χ1n) is 5.04. The average molecular weight is 407 g/mol. The van der Waals surface area contributed by atoms with Gasteiger partial charge in [0.05, 0.1) is 9.95 Å². The van der Waals surface area contributed by atoms with Gasteiger partial charge in [0.1, 0.15) is 5.75 Å². The molecule has 0 fully saturated rings. The highest BCUT2D eigenvalue weighted by atomic mass is 79.9. The minimum absolute atomic E-state index is 0.133. The van der Waals surface area contributed by atoms with E-state index in [0.29, 0.717) is 15.2 Å². The van der Waals surface area contributed by atoms with Crippen LogP contribution in [0.25, 0.3) is 0 Å². The molecule has 2 rings (SSSR count). The van der Waals surface area contributed by atoms with E-state index in [1.807, 2.05) is 0 Å². The first-order valence-corrected chi connectivity index (χ1v) is 7.00. The van der Waals surface area contributed by atoms with Gasteiger partial charge in [0.15, 0.2) is 0 Å². The average Bonchev–Trinajstić information content (AvgIpc) is 2.35. The van der Waals surface area contributed by atoms with Gasteiger partial charge in [-0.25, -0.2) is 0 Å². The lowest BCUT2D eigenvalue weighted by atomic mass is 10.3. The molecular weight excluding hydrogens is 401 g/mol. The topological polar surface area (TPSA) is 52.4 Å². The van der Waals surface area contributed by atoms with E-state index in [9.17, 15) is 10.1 Å². The smallest absolute Gasteiger partial charge is 0.312 e. The van der Waals surface area contributed by atoms with Crippen molar-refractivity contribution in [1.29, 1.82) is 0 Å². The highest BCUT2D eigenvalue weighted by Gasteiger charge is 2.17. The largest absolute Gasteiger partial charge is 0.449 e. The first kappa shape index (κ1) is 14.3. The van der Waals surface area contributed by atoms with Gasteiger partial charge in [-0.15, -0.1) is 0 Å². The quantitative estimate of drug-likeness (QED) is 0.494. The number of halogens is 3. The van der Waals surface area contributed by atoms with Crippen molar-refractivity contribution in [2.45, 2.75) is 0 Å². The van der Waals surface area contributed by atoms with E-state index in [-0.39, 0.29) is 11.4 Å². The highest BCUT2D eigenvalue weighted by Crippen LogP contribution is 2.37. The Kier molecular flexibility index (Phi) is 4.44. The predicted octanol–water partition coefficient (Wildman–Crippen LogP) is 5.57. The molecule has 0 spiro atoms. The maximum absolute atomic E-state index is 11.0. The van der Waals surface area contributed by atoms with Gasteiger partial charge < -0.3 is 4.74 Å². The van der Waals surface area contributed by atoms with Crippen LogP contribution in [0.15, 0.2) is 45.3 Å². The van der Waals surface area contributed by atoms with E-state index in [1.165, 1.54) is 12.1 Å². The lowest BCUT2D eigenvalue weighted by Crippen LogP contribution is -1.94. The van der Waals surface area contributed by atoms with Crippen LogP contribution in [-0.4, -0.2) is 4.92 Å². The molecule has 0 bridgehead atoms. The highest BCUT2D eigenvalue weighted by molar-refractivity contribution is 9.10. The molecule has 0 N–H and O–H groups in total. The zero-order valence-electron chi connectivity index (χ0n) is 9.27. The summed E-state index contributed by atoms with van der Waals surface area (Å²) in [7, 11) is 0. The lowest BCUT2D eigenvalue weighted by Gasteiger charge is -2.08. The van der Waals surface area contributed by atoms with E-state index in [1.54, 1.807) is 24.3 Å². The molecule has 98 valence electrons. The summed E-state index contributed by atoms with van der Waals surface area (Å²) in [5, 5.41) is 11.4. The summed E-state index contributed by atoms with van der Waals surface area (Å²) in [6, 6.07) is 9.60. The van der Waals surface area contributed by atoms with Crippen LogP contribution in [0.5, 0.6) is 11.5 Å². The van der Waals surface area contributed by atoms with Crippen molar-refractivity contribution >= 4 is 49.1 Å². The lowest BCUT2D eigenvalue weighted by molar-refractivity contribution is -0.385. The maximum atomic E-state index is 11.0. The number of nitrogens with zero attached hydrogens (tertiary/aromatic N) is 1. The molecule has 7 heteroatoms. The fourth-order valence-corrected chi connectivity index (χ4v) is 2.24. The third kappa shape index (κ3) is 3.46. The fourth-order valence-electron chi connectivity index (χ4n) is 1.39. The zero-order valence-corrected chi connectivity index (χ0v) is 13.2. The van der Waals surface area contributed by atoms with Gasteiger partial charge in [-0.05, 0) is 30.3 Å². The van der Waals surface area contributed by atoms with Crippen LogP contribution in [-0.2, 0) is 0 Å². The van der Waals surface area contributed by atoms with Crippen LogP contribution in [0.4, 0.5) is 5.69 Å². The summed E-state index contributed by atoms with van der Waals surface area (Å²) in [4.78, 5) is 10.5. The van der Waals surface area contributed by atoms with Gasteiger partial charge in [0, 0.05) is 15.0 Å². The molecule has 0 amide bonds. The van der Waals surface area contributed by atoms with E-state index in [4.69, 9.17) is 16.3 Å². The Morgan fingerprint density at radius 1 is 1.05 bits per heavy atom. The Morgan fingerprint density at radius 3 is 2.37 bits per heavy atom. The molecule has 4 nitrogen and oxygen atoms in total. The predicted molar refractivity (Wildman–Crippen MR) is 80.0 cm³/mol. The number of hydrogen-bond donors (Lipinski definition) is 0.